The van der Waals surface area contributed by atoms with Crippen LogP contribution in [0.15, 0.2) is 73.1 Å². The quantitative estimate of drug-likeness (QED) is 0.657. The summed E-state index contributed by atoms with van der Waals surface area (Å²) in [6.07, 6.45) is 3.62. The van der Waals surface area contributed by atoms with Crippen LogP contribution in [0.4, 0.5) is 5.69 Å². The second kappa shape index (κ2) is 8.81. The van der Waals surface area contributed by atoms with E-state index in [4.69, 9.17) is 0 Å². The van der Waals surface area contributed by atoms with Crippen LogP contribution in [-0.4, -0.2) is 53.6 Å². The van der Waals surface area contributed by atoms with Crippen LogP contribution in [0.3, 0.4) is 0 Å². The first-order valence-electron chi connectivity index (χ1n) is 9.87. The minimum absolute atomic E-state index is 0.0724. The average molecular weight is 425 g/mol. The summed E-state index contributed by atoms with van der Waals surface area (Å²) in [6, 6.07) is 18.5. The third-order valence-corrected chi connectivity index (χ3v) is 6.82. The fourth-order valence-corrected chi connectivity index (χ4v) is 4.92. The van der Waals surface area contributed by atoms with Gasteiger partial charge in [0.05, 0.1) is 18.1 Å². The van der Waals surface area contributed by atoms with Crippen LogP contribution in [0, 0.1) is 0 Å². The number of nitrogens with one attached hydrogen (secondary N) is 1. The first-order chi connectivity index (χ1) is 14.5. The zero-order valence-corrected chi connectivity index (χ0v) is 17.3. The summed E-state index contributed by atoms with van der Waals surface area (Å²) >= 11 is 0. The fraction of sp³-hybridized carbons (Fsp3) is 0.273. The molecule has 1 aromatic heterocycles. The highest BCUT2D eigenvalue weighted by Crippen LogP contribution is 2.25. The van der Waals surface area contributed by atoms with E-state index in [0.717, 1.165) is 11.1 Å². The maximum absolute atomic E-state index is 13.3. The maximum Gasteiger partial charge on any atom is 0.246 e. The van der Waals surface area contributed by atoms with Crippen LogP contribution >= 0.6 is 0 Å². The van der Waals surface area contributed by atoms with E-state index in [2.05, 4.69) is 10.4 Å². The lowest BCUT2D eigenvalue weighted by atomic mass is 10.0. The molecule has 1 unspecified atom stereocenters. The van der Waals surface area contributed by atoms with Crippen LogP contribution < -0.4 is 5.32 Å². The molecule has 0 aliphatic carbocycles. The molecule has 0 bridgehead atoms. The number of carbonyl (C=O) groups excluding carboxylic acids is 1. The van der Waals surface area contributed by atoms with Crippen LogP contribution in [0.25, 0.3) is 0 Å². The third-order valence-electron chi connectivity index (χ3n) is 5.21. The van der Waals surface area contributed by atoms with E-state index in [9.17, 15) is 13.2 Å². The van der Waals surface area contributed by atoms with E-state index < -0.39 is 15.9 Å². The van der Waals surface area contributed by atoms with Crippen molar-refractivity contribution in [1.29, 1.82) is 0 Å². The summed E-state index contributed by atoms with van der Waals surface area (Å²) in [4.78, 5) is 15.2. The van der Waals surface area contributed by atoms with Crippen molar-refractivity contribution in [2.75, 3.05) is 29.9 Å². The molecule has 1 atom stereocenters. The number of hydrogen-bond donors (Lipinski definition) is 1. The van der Waals surface area contributed by atoms with Gasteiger partial charge in [0.2, 0.25) is 5.91 Å². The van der Waals surface area contributed by atoms with Gasteiger partial charge < -0.3 is 5.32 Å². The third kappa shape index (κ3) is 4.95. The minimum Gasteiger partial charge on any atom is -0.324 e. The Bertz CT molecular complexity index is 1080. The average Bonchev–Trinajstić information content (AvgIpc) is 3.23. The predicted molar refractivity (Wildman–Crippen MR) is 116 cm³/mol. The number of amides is 1. The summed E-state index contributed by atoms with van der Waals surface area (Å²) in [6.45, 7) is 1.30. The molecule has 0 radical (unpaired) electrons. The SMILES string of the molecule is O=C(Nc1cccc(Cn2cccn2)c1)C(c1ccccc1)N1CCS(=O)(=O)CC1. The van der Waals surface area contributed by atoms with E-state index in [0.29, 0.717) is 25.3 Å². The highest BCUT2D eigenvalue weighted by atomic mass is 32.2. The Morgan fingerprint density at radius 3 is 2.50 bits per heavy atom. The van der Waals surface area contributed by atoms with Gasteiger partial charge in [-0.3, -0.25) is 14.4 Å². The van der Waals surface area contributed by atoms with Crippen LogP contribution in [0.5, 0.6) is 0 Å². The van der Waals surface area contributed by atoms with Gasteiger partial charge >= 0.3 is 0 Å². The number of carbonyl (C=O) groups is 1. The van der Waals surface area contributed by atoms with Gasteiger partial charge in [0.15, 0.2) is 9.84 Å². The number of anilines is 1. The summed E-state index contributed by atoms with van der Waals surface area (Å²) < 4.78 is 25.5. The predicted octanol–water partition coefficient (Wildman–Crippen LogP) is 2.34. The van der Waals surface area contributed by atoms with E-state index in [1.807, 2.05) is 76.4 Å². The van der Waals surface area contributed by atoms with E-state index in [1.165, 1.54) is 0 Å². The zero-order valence-electron chi connectivity index (χ0n) is 16.5. The highest BCUT2D eigenvalue weighted by Gasteiger charge is 2.32. The maximum atomic E-state index is 13.3. The molecule has 1 N–H and O–H groups in total. The lowest BCUT2D eigenvalue weighted by Gasteiger charge is -2.33. The smallest absolute Gasteiger partial charge is 0.246 e. The Morgan fingerprint density at radius 1 is 1.03 bits per heavy atom. The van der Waals surface area contributed by atoms with Crippen molar-refractivity contribution >= 4 is 21.4 Å². The van der Waals surface area contributed by atoms with Crippen molar-refractivity contribution in [2.45, 2.75) is 12.6 Å². The van der Waals surface area contributed by atoms with Crippen LogP contribution in [0.2, 0.25) is 0 Å². The van der Waals surface area contributed by atoms with Gasteiger partial charge in [-0.2, -0.15) is 5.10 Å². The monoisotopic (exact) mass is 424 g/mol. The molecule has 1 fully saturated rings. The number of benzene rings is 2. The topological polar surface area (TPSA) is 84.3 Å². The number of rotatable bonds is 6. The summed E-state index contributed by atoms with van der Waals surface area (Å²) in [5.41, 5.74) is 2.58. The Balaban J connectivity index is 1.53. The van der Waals surface area contributed by atoms with Gasteiger partial charge in [-0.1, -0.05) is 42.5 Å². The number of aromatic nitrogens is 2. The van der Waals surface area contributed by atoms with Gasteiger partial charge in [0.1, 0.15) is 6.04 Å². The summed E-state index contributed by atoms with van der Waals surface area (Å²) in [5.74, 6) is -0.0249. The first kappa shape index (κ1) is 20.3. The van der Waals surface area contributed by atoms with Crippen LogP contribution in [-0.2, 0) is 21.2 Å². The molecule has 0 saturated carbocycles. The second-order valence-corrected chi connectivity index (χ2v) is 9.70. The molecule has 2 aromatic carbocycles. The number of nitrogens with zero attached hydrogens (tertiary/aromatic N) is 3. The highest BCUT2D eigenvalue weighted by molar-refractivity contribution is 7.91. The van der Waals surface area contributed by atoms with Gasteiger partial charge in [-0.15, -0.1) is 0 Å². The van der Waals surface area contributed by atoms with Crippen LogP contribution in [0.1, 0.15) is 17.2 Å². The van der Waals surface area contributed by atoms with Crippen molar-refractivity contribution in [3.8, 4) is 0 Å². The van der Waals surface area contributed by atoms with Crippen molar-refractivity contribution in [2.24, 2.45) is 0 Å². The second-order valence-electron chi connectivity index (χ2n) is 7.39. The molecule has 1 aliphatic heterocycles. The molecular weight excluding hydrogens is 400 g/mol. The lowest BCUT2D eigenvalue weighted by molar-refractivity contribution is -0.121. The molecule has 156 valence electrons. The Labute approximate surface area is 176 Å². The normalized spacial score (nSPS) is 17.3. The van der Waals surface area contributed by atoms with E-state index in [1.54, 1.807) is 6.20 Å². The largest absolute Gasteiger partial charge is 0.324 e. The minimum atomic E-state index is -3.03. The standard InChI is InChI=1S/C22H24N4O3S/c27-22(24-20-9-4-6-18(16-20)17-26-11-5-10-23-26)21(19-7-2-1-3-8-19)25-12-14-30(28,29)15-13-25/h1-11,16,21H,12-15,17H2,(H,24,27). The molecule has 1 amide bonds. The van der Waals surface area contributed by atoms with Crippen molar-refractivity contribution < 1.29 is 13.2 Å². The van der Waals surface area contributed by atoms with Crippen molar-refractivity contribution in [3.63, 3.8) is 0 Å². The molecule has 0 spiro atoms. The molecule has 2 heterocycles. The molecule has 30 heavy (non-hydrogen) atoms. The van der Waals surface area contributed by atoms with E-state index in [-0.39, 0.29) is 17.4 Å². The summed E-state index contributed by atoms with van der Waals surface area (Å²) in [5, 5.41) is 7.24. The van der Waals surface area contributed by atoms with Gasteiger partial charge in [-0.25, -0.2) is 8.42 Å². The molecule has 8 heteroatoms. The van der Waals surface area contributed by atoms with Gasteiger partial charge in [0, 0.05) is 31.2 Å². The molecule has 3 aromatic rings. The Hall–Kier alpha value is -2.97. The van der Waals surface area contributed by atoms with E-state index >= 15 is 0 Å². The van der Waals surface area contributed by atoms with Gasteiger partial charge in [-0.05, 0) is 29.3 Å². The first-order valence-corrected chi connectivity index (χ1v) is 11.7. The summed E-state index contributed by atoms with van der Waals surface area (Å²) in [7, 11) is -3.03. The fourth-order valence-electron chi connectivity index (χ4n) is 3.69. The number of sulfone groups is 1. The number of hydrogen-bond acceptors (Lipinski definition) is 5. The Morgan fingerprint density at radius 2 is 1.80 bits per heavy atom. The molecule has 1 saturated heterocycles. The zero-order chi connectivity index (χ0) is 21.0. The molecule has 4 rings (SSSR count). The molecule has 7 nitrogen and oxygen atoms in total. The lowest BCUT2D eigenvalue weighted by Crippen LogP contribution is -2.46. The Kier molecular flexibility index (Phi) is 5.96. The van der Waals surface area contributed by atoms with Crippen molar-refractivity contribution in [1.82, 2.24) is 14.7 Å². The molecule has 1 aliphatic rings. The van der Waals surface area contributed by atoms with Gasteiger partial charge in [0.25, 0.3) is 0 Å². The van der Waals surface area contributed by atoms with Crippen molar-refractivity contribution in [3.05, 3.63) is 84.2 Å². The molecular formula is C22H24N4O3S.